The van der Waals surface area contributed by atoms with Gasteiger partial charge >= 0.3 is 0 Å². The zero-order valence-electron chi connectivity index (χ0n) is 11.5. The van der Waals surface area contributed by atoms with Crippen LogP contribution in [0.4, 0.5) is 5.69 Å². The van der Waals surface area contributed by atoms with Crippen molar-refractivity contribution in [1.82, 2.24) is 4.90 Å². The molecule has 0 aromatic heterocycles. The number of carbonyl (C=O) groups excluding carboxylic acids is 1. The van der Waals surface area contributed by atoms with Crippen molar-refractivity contribution >= 4 is 21.4 Å². The van der Waals surface area contributed by atoms with Gasteiger partial charge in [-0.05, 0) is 25.1 Å². The molecule has 2 N–H and O–H groups in total. The average molecular weight is 298 g/mol. The van der Waals surface area contributed by atoms with E-state index in [9.17, 15) is 13.2 Å². The van der Waals surface area contributed by atoms with Crippen LogP contribution >= 0.6 is 0 Å². The van der Waals surface area contributed by atoms with Gasteiger partial charge in [0.05, 0.1) is 24.2 Å². The average Bonchev–Trinajstić information content (AvgIpc) is 2.37. The quantitative estimate of drug-likeness (QED) is 0.805. The Kier molecular flexibility index (Phi) is 4.01. The van der Waals surface area contributed by atoms with Gasteiger partial charge in [0.2, 0.25) is 0 Å². The van der Waals surface area contributed by atoms with E-state index in [1.165, 1.54) is 18.2 Å². The highest BCUT2D eigenvalue weighted by molar-refractivity contribution is 7.90. The van der Waals surface area contributed by atoms with Crippen molar-refractivity contribution in [2.24, 2.45) is 0 Å². The molecule has 0 saturated carbocycles. The fraction of sp³-hybridized carbons (Fsp3) is 0.462. The highest BCUT2D eigenvalue weighted by atomic mass is 32.2. The molecule has 1 saturated heterocycles. The van der Waals surface area contributed by atoms with Crippen molar-refractivity contribution < 1.29 is 17.9 Å². The van der Waals surface area contributed by atoms with Crippen LogP contribution in [0.25, 0.3) is 0 Å². The van der Waals surface area contributed by atoms with Gasteiger partial charge in [0.25, 0.3) is 5.91 Å². The maximum Gasteiger partial charge on any atom is 0.254 e. The first-order valence-electron chi connectivity index (χ1n) is 6.28. The molecule has 0 aliphatic carbocycles. The summed E-state index contributed by atoms with van der Waals surface area (Å²) in [7, 11) is -3.40. The van der Waals surface area contributed by atoms with Crippen molar-refractivity contribution in [1.29, 1.82) is 0 Å². The number of nitrogens with zero attached hydrogens (tertiary/aromatic N) is 1. The van der Waals surface area contributed by atoms with E-state index in [2.05, 4.69) is 0 Å². The molecule has 1 unspecified atom stereocenters. The number of sulfone groups is 1. The van der Waals surface area contributed by atoms with E-state index in [1.807, 2.05) is 6.92 Å². The number of hydrogen-bond donors (Lipinski definition) is 1. The molecule has 2 rings (SSSR count). The van der Waals surface area contributed by atoms with Crippen LogP contribution in [-0.4, -0.2) is 51.3 Å². The lowest BCUT2D eigenvalue weighted by molar-refractivity contribution is 0.00358. The van der Waals surface area contributed by atoms with Crippen LogP contribution in [0.5, 0.6) is 0 Å². The zero-order chi connectivity index (χ0) is 14.9. The molecule has 6 nitrogen and oxygen atoms in total. The van der Waals surface area contributed by atoms with Gasteiger partial charge in [-0.15, -0.1) is 0 Å². The largest absolute Gasteiger partial charge is 0.399 e. The van der Waals surface area contributed by atoms with Crippen molar-refractivity contribution in [3.05, 3.63) is 23.8 Å². The van der Waals surface area contributed by atoms with Crippen LogP contribution in [-0.2, 0) is 14.6 Å². The van der Waals surface area contributed by atoms with E-state index in [1.54, 1.807) is 4.90 Å². The van der Waals surface area contributed by atoms with Gasteiger partial charge in [-0.2, -0.15) is 0 Å². The first-order valence-corrected chi connectivity index (χ1v) is 8.17. The first-order chi connectivity index (χ1) is 9.29. The summed E-state index contributed by atoms with van der Waals surface area (Å²) < 4.78 is 28.5. The topological polar surface area (TPSA) is 89.7 Å². The molecule has 1 heterocycles. The Bertz CT molecular complexity index is 627. The van der Waals surface area contributed by atoms with Gasteiger partial charge < -0.3 is 15.4 Å². The monoisotopic (exact) mass is 298 g/mol. The van der Waals surface area contributed by atoms with E-state index in [0.29, 0.717) is 25.3 Å². The summed E-state index contributed by atoms with van der Waals surface area (Å²) in [6, 6.07) is 4.18. The standard InChI is InChI=1S/C13H18N2O4S/c1-9-8-19-4-3-15(9)13(16)10-5-11(14)7-12(6-10)20(2,17)18/h5-7,9H,3-4,8,14H2,1-2H3. The smallest absolute Gasteiger partial charge is 0.254 e. The highest BCUT2D eigenvalue weighted by Crippen LogP contribution is 2.20. The van der Waals surface area contributed by atoms with E-state index < -0.39 is 9.84 Å². The number of benzene rings is 1. The molecule has 20 heavy (non-hydrogen) atoms. The summed E-state index contributed by atoms with van der Waals surface area (Å²) in [6.45, 7) is 3.34. The number of ether oxygens (including phenoxy) is 1. The molecular weight excluding hydrogens is 280 g/mol. The third-order valence-electron chi connectivity index (χ3n) is 3.23. The van der Waals surface area contributed by atoms with Crippen LogP contribution in [0.3, 0.4) is 0 Å². The molecule has 1 amide bonds. The second-order valence-electron chi connectivity index (χ2n) is 4.99. The molecule has 1 atom stereocenters. The minimum absolute atomic E-state index is 0.0423. The third-order valence-corrected chi connectivity index (χ3v) is 4.32. The number of morpholine rings is 1. The number of nitrogen functional groups attached to an aromatic ring is 1. The highest BCUT2D eigenvalue weighted by Gasteiger charge is 2.25. The van der Waals surface area contributed by atoms with Crippen molar-refractivity contribution in [3.63, 3.8) is 0 Å². The van der Waals surface area contributed by atoms with E-state index in [-0.39, 0.29) is 22.5 Å². The molecule has 1 aromatic rings. The van der Waals surface area contributed by atoms with Crippen LogP contribution in [0.15, 0.2) is 23.1 Å². The SMILES string of the molecule is CC1COCCN1C(=O)c1cc(N)cc(S(C)(=O)=O)c1. The Morgan fingerprint density at radius 3 is 2.70 bits per heavy atom. The molecule has 0 spiro atoms. The van der Waals surface area contributed by atoms with E-state index in [0.717, 1.165) is 6.26 Å². The molecule has 110 valence electrons. The minimum Gasteiger partial charge on any atom is -0.399 e. The van der Waals surface area contributed by atoms with Crippen LogP contribution in [0.1, 0.15) is 17.3 Å². The number of nitrogens with two attached hydrogens (primary N) is 1. The normalized spacial score (nSPS) is 19.9. The lowest BCUT2D eigenvalue weighted by Gasteiger charge is -2.33. The summed E-state index contributed by atoms with van der Waals surface area (Å²) in [4.78, 5) is 14.2. The Morgan fingerprint density at radius 1 is 1.40 bits per heavy atom. The molecule has 7 heteroatoms. The molecule has 1 aromatic carbocycles. The van der Waals surface area contributed by atoms with Crippen LogP contribution < -0.4 is 5.73 Å². The van der Waals surface area contributed by atoms with E-state index >= 15 is 0 Å². The maximum atomic E-state index is 12.5. The number of rotatable bonds is 2. The minimum atomic E-state index is -3.40. The second-order valence-corrected chi connectivity index (χ2v) is 7.00. The summed E-state index contributed by atoms with van der Waals surface area (Å²) >= 11 is 0. The summed E-state index contributed by atoms with van der Waals surface area (Å²) in [5, 5.41) is 0. The lowest BCUT2D eigenvalue weighted by atomic mass is 10.1. The predicted molar refractivity (Wildman–Crippen MR) is 75.3 cm³/mol. The Labute approximate surface area is 118 Å². The maximum absolute atomic E-state index is 12.5. The number of carbonyl (C=O) groups is 1. The summed E-state index contributed by atoms with van der Waals surface area (Å²) in [5.41, 5.74) is 6.25. The third kappa shape index (κ3) is 3.10. The fourth-order valence-corrected chi connectivity index (χ4v) is 2.85. The molecule has 1 aliphatic heterocycles. The molecule has 1 aliphatic rings. The van der Waals surface area contributed by atoms with Crippen molar-refractivity contribution in [3.8, 4) is 0 Å². The van der Waals surface area contributed by atoms with Gasteiger partial charge in [0, 0.05) is 24.1 Å². The van der Waals surface area contributed by atoms with Crippen molar-refractivity contribution in [2.45, 2.75) is 17.9 Å². The van der Waals surface area contributed by atoms with Crippen LogP contribution in [0.2, 0.25) is 0 Å². The van der Waals surface area contributed by atoms with Crippen molar-refractivity contribution in [2.75, 3.05) is 31.7 Å². The van der Waals surface area contributed by atoms with Gasteiger partial charge in [0.15, 0.2) is 9.84 Å². The number of amides is 1. The van der Waals surface area contributed by atoms with Gasteiger partial charge in [-0.25, -0.2) is 8.42 Å². The second kappa shape index (κ2) is 5.41. The first kappa shape index (κ1) is 14.8. The van der Waals surface area contributed by atoms with Crippen LogP contribution in [0, 0.1) is 0 Å². The summed E-state index contributed by atoms with van der Waals surface area (Å²) in [6.07, 6.45) is 1.09. The summed E-state index contributed by atoms with van der Waals surface area (Å²) in [5.74, 6) is -0.224. The van der Waals surface area contributed by atoms with Gasteiger partial charge in [-0.3, -0.25) is 4.79 Å². The molecule has 1 fully saturated rings. The molecular formula is C13H18N2O4S. The van der Waals surface area contributed by atoms with Gasteiger partial charge in [-0.1, -0.05) is 0 Å². The number of anilines is 1. The lowest BCUT2D eigenvalue weighted by Crippen LogP contribution is -2.47. The zero-order valence-corrected chi connectivity index (χ0v) is 12.3. The Morgan fingerprint density at radius 2 is 2.10 bits per heavy atom. The molecule has 0 radical (unpaired) electrons. The van der Waals surface area contributed by atoms with Gasteiger partial charge in [0.1, 0.15) is 0 Å². The Balaban J connectivity index is 2.37. The Hall–Kier alpha value is -1.60. The molecule has 0 bridgehead atoms. The van der Waals surface area contributed by atoms with E-state index in [4.69, 9.17) is 10.5 Å². The fourth-order valence-electron chi connectivity index (χ4n) is 2.15. The number of hydrogen-bond acceptors (Lipinski definition) is 5. The predicted octanol–water partition coefficient (Wildman–Crippen LogP) is 0.533.